The highest BCUT2D eigenvalue weighted by Gasteiger charge is 2.14. The standard InChI is InChI=1S/C15H15NO4/c1-11-2-7-14(16(18)19)15(8-11)20-10-13-5-3-12(9-17)4-6-13/h2-8,17H,9-10H2,1H3. The Kier molecular flexibility index (Phi) is 4.32. The molecule has 2 aromatic rings. The van der Waals surface area contributed by atoms with Crippen molar-refractivity contribution >= 4 is 5.69 Å². The van der Waals surface area contributed by atoms with Crippen molar-refractivity contribution in [2.24, 2.45) is 0 Å². The van der Waals surface area contributed by atoms with Gasteiger partial charge in [-0.15, -0.1) is 0 Å². The Morgan fingerprint density at radius 3 is 2.40 bits per heavy atom. The number of nitrogens with zero attached hydrogens (tertiary/aromatic N) is 1. The van der Waals surface area contributed by atoms with Crippen molar-refractivity contribution in [1.82, 2.24) is 0 Å². The largest absolute Gasteiger partial charge is 0.482 e. The average Bonchev–Trinajstić information content (AvgIpc) is 2.45. The van der Waals surface area contributed by atoms with Crippen molar-refractivity contribution in [3.8, 4) is 5.75 Å². The fraction of sp³-hybridized carbons (Fsp3) is 0.200. The molecule has 5 heteroatoms. The van der Waals surface area contributed by atoms with E-state index in [9.17, 15) is 10.1 Å². The lowest BCUT2D eigenvalue weighted by Gasteiger charge is -2.08. The van der Waals surface area contributed by atoms with Crippen LogP contribution in [0.2, 0.25) is 0 Å². The highest BCUT2D eigenvalue weighted by Crippen LogP contribution is 2.28. The first-order chi connectivity index (χ1) is 9.60. The summed E-state index contributed by atoms with van der Waals surface area (Å²) < 4.78 is 5.53. The molecule has 0 amide bonds. The van der Waals surface area contributed by atoms with Crippen molar-refractivity contribution in [3.63, 3.8) is 0 Å². The maximum atomic E-state index is 10.9. The minimum atomic E-state index is -0.455. The van der Waals surface area contributed by atoms with Gasteiger partial charge in [-0.3, -0.25) is 10.1 Å². The summed E-state index contributed by atoms with van der Waals surface area (Å²) in [6.07, 6.45) is 0. The number of aliphatic hydroxyl groups excluding tert-OH is 1. The van der Waals surface area contributed by atoms with E-state index in [1.54, 1.807) is 24.3 Å². The molecular formula is C15H15NO4. The van der Waals surface area contributed by atoms with E-state index in [2.05, 4.69) is 0 Å². The first-order valence-electron chi connectivity index (χ1n) is 6.16. The third-order valence-corrected chi connectivity index (χ3v) is 2.91. The number of hydrogen-bond acceptors (Lipinski definition) is 4. The average molecular weight is 273 g/mol. The van der Waals surface area contributed by atoms with Gasteiger partial charge in [0.2, 0.25) is 0 Å². The molecule has 0 radical (unpaired) electrons. The number of hydrogen-bond donors (Lipinski definition) is 1. The van der Waals surface area contributed by atoms with Crippen LogP contribution < -0.4 is 4.74 Å². The smallest absolute Gasteiger partial charge is 0.310 e. The molecule has 104 valence electrons. The van der Waals surface area contributed by atoms with Gasteiger partial charge in [-0.1, -0.05) is 30.3 Å². The van der Waals surface area contributed by atoms with E-state index >= 15 is 0 Å². The molecule has 1 N–H and O–H groups in total. The van der Waals surface area contributed by atoms with E-state index in [1.807, 2.05) is 19.1 Å². The number of nitro groups is 1. The van der Waals surface area contributed by atoms with Gasteiger partial charge >= 0.3 is 5.69 Å². The van der Waals surface area contributed by atoms with Gasteiger partial charge in [-0.2, -0.15) is 0 Å². The Morgan fingerprint density at radius 1 is 1.15 bits per heavy atom. The summed E-state index contributed by atoms with van der Waals surface area (Å²) in [5, 5.41) is 19.9. The summed E-state index contributed by atoms with van der Waals surface area (Å²) in [6, 6.07) is 12.0. The quantitative estimate of drug-likeness (QED) is 0.671. The second-order valence-electron chi connectivity index (χ2n) is 4.49. The first-order valence-corrected chi connectivity index (χ1v) is 6.16. The number of rotatable bonds is 5. The monoisotopic (exact) mass is 273 g/mol. The molecule has 0 fully saturated rings. The van der Waals surface area contributed by atoms with Crippen molar-refractivity contribution in [1.29, 1.82) is 0 Å². The van der Waals surface area contributed by atoms with Crippen LogP contribution in [0.15, 0.2) is 42.5 Å². The van der Waals surface area contributed by atoms with E-state index < -0.39 is 4.92 Å². The van der Waals surface area contributed by atoms with Gasteiger partial charge in [-0.25, -0.2) is 0 Å². The molecule has 0 aliphatic heterocycles. The molecule has 2 aromatic carbocycles. The van der Waals surface area contributed by atoms with Crippen molar-refractivity contribution in [2.75, 3.05) is 0 Å². The van der Waals surface area contributed by atoms with E-state index in [0.717, 1.165) is 16.7 Å². The van der Waals surface area contributed by atoms with Crippen LogP contribution in [0.5, 0.6) is 5.75 Å². The molecule has 0 saturated heterocycles. The third-order valence-electron chi connectivity index (χ3n) is 2.91. The van der Waals surface area contributed by atoms with Gasteiger partial charge in [0.15, 0.2) is 5.75 Å². The number of benzene rings is 2. The van der Waals surface area contributed by atoms with Crippen LogP contribution in [0.4, 0.5) is 5.69 Å². The Hall–Kier alpha value is -2.40. The minimum Gasteiger partial charge on any atom is -0.482 e. The molecule has 0 aliphatic carbocycles. The van der Waals surface area contributed by atoms with Crippen molar-refractivity contribution < 1.29 is 14.8 Å². The maximum Gasteiger partial charge on any atom is 0.310 e. The maximum absolute atomic E-state index is 10.9. The lowest BCUT2D eigenvalue weighted by atomic mass is 10.1. The van der Waals surface area contributed by atoms with Gasteiger partial charge in [0, 0.05) is 6.07 Å². The Bertz CT molecular complexity index is 608. The second-order valence-corrected chi connectivity index (χ2v) is 4.49. The van der Waals surface area contributed by atoms with E-state index in [4.69, 9.17) is 9.84 Å². The SMILES string of the molecule is Cc1ccc([N+](=O)[O-])c(OCc2ccc(CO)cc2)c1. The van der Waals surface area contributed by atoms with Crippen LogP contribution in [0.25, 0.3) is 0 Å². The van der Waals surface area contributed by atoms with E-state index in [1.165, 1.54) is 6.07 Å². The highest BCUT2D eigenvalue weighted by atomic mass is 16.6. The topological polar surface area (TPSA) is 72.6 Å². The highest BCUT2D eigenvalue weighted by molar-refractivity contribution is 5.48. The van der Waals surface area contributed by atoms with Crippen LogP contribution in [0.1, 0.15) is 16.7 Å². The third kappa shape index (κ3) is 3.33. The van der Waals surface area contributed by atoms with Crippen molar-refractivity contribution in [2.45, 2.75) is 20.1 Å². The van der Waals surface area contributed by atoms with Gasteiger partial charge < -0.3 is 9.84 Å². The van der Waals surface area contributed by atoms with Gasteiger partial charge in [-0.05, 0) is 29.7 Å². The van der Waals surface area contributed by atoms with Crippen LogP contribution in [-0.4, -0.2) is 10.0 Å². The zero-order valence-electron chi connectivity index (χ0n) is 11.1. The Balaban J connectivity index is 2.13. The van der Waals surface area contributed by atoms with E-state index in [-0.39, 0.29) is 24.7 Å². The summed E-state index contributed by atoms with van der Waals surface area (Å²) in [6.45, 7) is 2.09. The summed E-state index contributed by atoms with van der Waals surface area (Å²) in [5.41, 5.74) is 2.57. The summed E-state index contributed by atoms with van der Waals surface area (Å²) in [7, 11) is 0. The number of ether oxygens (including phenoxy) is 1. The lowest BCUT2D eigenvalue weighted by Crippen LogP contribution is -1.99. The summed E-state index contributed by atoms with van der Waals surface area (Å²) in [4.78, 5) is 10.5. The summed E-state index contributed by atoms with van der Waals surface area (Å²) >= 11 is 0. The zero-order valence-corrected chi connectivity index (χ0v) is 11.1. The normalized spacial score (nSPS) is 10.3. The molecular weight excluding hydrogens is 258 g/mol. The zero-order chi connectivity index (χ0) is 14.5. The molecule has 5 nitrogen and oxygen atoms in total. The van der Waals surface area contributed by atoms with Crippen LogP contribution in [0.3, 0.4) is 0 Å². The molecule has 0 aromatic heterocycles. The van der Waals surface area contributed by atoms with E-state index in [0.29, 0.717) is 0 Å². The number of aliphatic hydroxyl groups is 1. The molecule has 0 unspecified atom stereocenters. The minimum absolute atomic E-state index is 0.00944. The summed E-state index contributed by atoms with van der Waals surface area (Å²) in [5.74, 6) is 0.265. The number of nitro benzene ring substituents is 1. The van der Waals surface area contributed by atoms with Crippen LogP contribution >= 0.6 is 0 Å². The van der Waals surface area contributed by atoms with Gasteiger partial charge in [0.1, 0.15) is 6.61 Å². The molecule has 0 atom stereocenters. The van der Waals surface area contributed by atoms with Crippen LogP contribution in [0, 0.1) is 17.0 Å². The van der Waals surface area contributed by atoms with Crippen molar-refractivity contribution in [3.05, 3.63) is 69.3 Å². The molecule has 2 rings (SSSR count). The van der Waals surface area contributed by atoms with Gasteiger partial charge in [0.05, 0.1) is 11.5 Å². The fourth-order valence-corrected chi connectivity index (χ4v) is 1.79. The molecule has 0 aliphatic rings. The molecule has 20 heavy (non-hydrogen) atoms. The molecule has 0 spiro atoms. The molecule has 0 bridgehead atoms. The number of aryl methyl sites for hydroxylation is 1. The lowest BCUT2D eigenvalue weighted by molar-refractivity contribution is -0.386. The first kappa shape index (κ1) is 14.0. The fourth-order valence-electron chi connectivity index (χ4n) is 1.79. The Labute approximate surface area is 116 Å². The van der Waals surface area contributed by atoms with Gasteiger partial charge in [0.25, 0.3) is 0 Å². The second kappa shape index (κ2) is 6.16. The predicted molar refractivity (Wildman–Crippen MR) is 74.5 cm³/mol. The molecule has 0 heterocycles. The molecule has 0 saturated carbocycles. The predicted octanol–water partition coefficient (Wildman–Crippen LogP) is 2.97. The Morgan fingerprint density at radius 2 is 1.80 bits per heavy atom. The van der Waals surface area contributed by atoms with Crippen LogP contribution in [-0.2, 0) is 13.2 Å².